The maximum Gasteiger partial charge on any atom is 0.335 e. The fourth-order valence-corrected chi connectivity index (χ4v) is 4.18. The quantitative estimate of drug-likeness (QED) is 0.456. The molecule has 1 fully saturated rings. The lowest BCUT2D eigenvalue weighted by Crippen LogP contribution is -2.27. The normalized spacial score (nSPS) is 14.8. The smallest absolute Gasteiger partial charge is 0.335 e. The molecule has 1 saturated heterocycles. The number of carboxylic acids is 2. The fraction of sp³-hybridized carbons (Fsp3) is 0.0435. The molecular formula is C23H14ClNO7S. The standard InChI is InChI=1S/C23H14ClNO7S/c24-17-4-2-1-3-12(17)11-25-20(26)19(33-23(25)31)10-16-5-6-18(32-16)13-7-14(21(27)28)9-15(8-13)22(29)30/h1-10H,11H2,(H,27,28)(H,29,30)/b19-10-. The van der Waals surface area contributed by atoms with Gasteiger partial charge in [-0.05, 0) is 53.7 Å². The minimum Gasteiger partial charge on any atom is -0.478 e. The summed E-state index contributed by atoms with van der Waals surface area (Å²) in [5, 5.41) is 18.5. The SMILES string of the molecule is O=C(O)c1cc(C(=O)O)cc(-c2ccc(/C=C3\SC(=O)N(Cc4ccccc4Cl)C3=O)o2)c1. The van der Waals surface area contributed by atoms with E-state index >= 15 is 0 Å². The summed E-state index contributed by atoms with van der Waals surface area (Å²) >= 11 is 6.89. The van der Waals surface area contributed by atoms with Crippen molar-refractivity contribution in [3.05, 3.63) is 87.0 Å². The molecule has 0 unspecified atom stereocenters. The number of nitrogens with zero attached hydrogens (tertiary/aromatic N) is 1. The van der Waals surface area contributed by atoms with Crippen LogP contribution in [0.2, 0.25) is 5.02 Å². The molecule has 1 aliphatic rings. The summed E-state index contributed by atoms with van der Waals surface area (Å²) in [5.74, 6) is -2.60. The van der Waals surface area contributed by atoms with Crippen LogP contribution in [-0.2, 0) is 11.3 Å². The molecule has 2 N–H and O–H groups in total. The second-order valence-corrected chi connectivity index (χ2v) is 8.37. The zero-order valence-corrected chi connectivity index (χ0v) is 18.2. The molecule has 1 aliphatic heterocycles. The third-order valence-corrected chi connectivity index (χ3v) is 6.05. The van der Waals surface area contributed by atoms with E-state index in [-0.39, 0.29) is 39.7 Å². The molecule has 2 aromatic carbocycles. The number of furan rings is 1. The van der Waals surface area contributed by atoms with Crippen LogP contribution in [0.3, 0.4) is 0 Å². The Balaban J connectivity index is 1.60. The van der Waals surface area contributed by atoms with Gasteiger partial charge in [0.1, 0.15) is 11.5 Å². The third kappa shape index (κ3) is 4.69. The Kier molecular flexibility index (Phi) is 6.08. The van der Waals surface area contributed by atoms with E-state index in [9.17, 15) is 29.4 Å². The molecule has 0 radical (unpaired) electrons. The van der Waals surface area contributed by atoms with Crippen molar-refractivity contribution in [1.29, 1.82) is 0 Å². The first-order valence-electron chi connectivity index (χ1n) is 9.43. The lowest BCUT2D eigenvalue weighted by atomic mass is 10.0. The highest BCUT2D eigenvalue weighted by Crippen LogP contribution is 2.35. The number of benzene rings is 2. The summed E-state index contributed by atoms with van der Waals surface area (Å²) < 4.78 is 5.68. The number of hydrogen-bond donors (Lipinski definition) is 2. The minimum atomic E-state index is -1.28. The van der Waals surface area contributed by atoms with Crippen LogP contribution in [0.4, 0.5) is 4.79 Å². The molecule has 166 valence electrons. The van der Waals surface area contributed by atoms with Gasteiger partial charge in [-0.2, -0.15) is 0 Å². The summed E-state index contributed by atoms with van der Waals surface area (Å²) in [6, 6.07) is 13.6. The molecular weight excluding hydrogens is 470 g/mol. The number of carbonyl (C=O) groups excluding carboxylic acids is 2. The topological polar surface area (TPSA) is 125 Å². The average molecular weight is 484 g/mol. The van der Waals surface area contributed by atoms with Crippen LogP contribution in [-0.4, -0.2) is 38.2 Å². The Morgan fingerprint density at radius 2 is 1.67 bits per heavy atom. The number of thioether (sulfide) groups is 1. The zero-order chi connectivity index (χ0) is 23.7. The summed E-state index contributed by atoms with van der Waals surface area (Å²) in [5.41, 5.74) is 0.474. The van der Waals surface area contributed by atoms with Crippen molar-refractivity contribution in [1.82, 2.24) is 4.90 Å². The lowest BCUT2D eigenvalue weighted by molar-refractivity contribution is -0.123. The number of amides is 2. The molecule has 4 rings (SSSR count). The highest BCUT2D eigenvalue weighted by atomic mass is 35.5. The fourth-order valence-electron chi connectivity index (χ4n) is 3.16. The molecule has 0 saturated carbocycles. The summed E-state index contributed by atoms with van der Waals surface area (Å²) in [7, 11) is 0. The van der Waals surface area contributed by atoms with Gasteiger partial charge in [0.15, 0.2) is 0 Å². The van der Waals surface area contributed by atoms with E-state index in [2.05, 4.69) is 0 Å². The highest BCUT2D eigenvalue weighted by Gasteiger charge is 2.35. The van der Waals surface area contributed by atoms with E-state index in [1.165, 1.54) is 30.3 Å². The van der Waals surface area contributed by atoms with E-state index in [0.29, 0.717) is 10.6 Å². The minimum absolute atomic E-state index is 0.0328. The van der Waals surface area contributed by atoms with Crippen molar-refractivity contribution in [3.8, 4) is 11.3 Å². The van der Waals surface area contributed by atoms with Gasteiger partial charge in [0.2, 0.25) is 0 Å². The second kappa shape index (κ2) is 8.97. The molecule has 0 spiro atoms. The monoisotopic (exact) mass is 483 g/mol. The number of carboxylic acid groups (broad SMARTS) is 2. The Bertz CT molecular complexity index is 1310. The van der Waals surface area contributed by atoms with E-state index in [4.69, 9.17) is 16.0 Å². The van der Waals surface area contributed by atoms with Gasteiger partial charge in [-0.1, -0.05) is 29.8 Å². The second-order valence-electron chi connectivity index (χ2n) is 6.97. The van der Waals surface area contributed by atoms with Crippen LogP contribution in [0.15, 0.2) is 63.9 Å². The van der Waals surface area contributed by atoms with Crippen molar-refractivity contribution in [2.45, 2.75) is 6.54 Å². The molecule has 8 nitrogen and oxygen atoms in total. The van der Waals surface area contributed by atoms with Crippen LogP contribution in [0, 0.1) is 0 Å². The van der Waals surface area contributed by atoms with Crippen molar-refractivity contribution < 1.29 is 33.8 Å². The molecule has 0 atom stereocenters. The zero-order valence-electron chi connectivity index (χ0n) is 16.6. The molecule has 2 heterocycles. The van der Waals surface area contributed by atoms with Crippen molar-refractivity contribution in [3.63, 3.8) is 0 Å². The van der Waals surface area contributed by atoms with Gasteiger partial charge < -0.3 is 14.6 Å². The summed E-state index contributed by atoms with van der Waals surface area (Å²) in [4.78, 5) is 49.0. The molecule has 10 heteroatoms. The van der Waals surface area contributed by atoms with Crippen LogP contribution >= 0.6 is 23.4 Å². The molecule has 3 aromatic rings. The summed E-state index contributed by atoms with van der Waals surface area (Å²) in [6.07, 6.45) is 1.40. The number of aromatic carboxylic acids is 2. The van der Waals surface area contributed by atoms with Crippen LogP contribution in [0.5, 0.6) is 0 Å². The van der Waals surface area contributed by atoms with Gasteiger partial charge in [-0.15, -0.1) is 0 Å². The van der Waals surface area contributed by atoms with E-state index in [1.54, 1.807) is 24.3 Å². The largest absolute Gasteiger partial charge is 0.478 e. The maximum atomic E-state index is 12.8. The number of halogens is 1. The predicted molar refractivity (Wildman–Crippen MR) is 121 cm³/mol. The van der Waals surface area contributed by atoms with Crippen molar-refractivity contribution in [2.24, 2.45) is 0 Å². The van der Waals surface area contributed by atoms with Crippen LogP contribution < -0.4 is 0 Å². The van der Waals surface area contributed by atoms with Crippen molar-refractivity contribution in [2.75, 3.05) is 0 Å². The van der Waals surface area contributed by atoms with Gasteiger partial charge in [0, 0.05) is 16.7 Å². The molecule has 33 heavy (non-hydrogen) atoms. The van der Waals surface area contributed by atoms with Gasteiger partial charge >= 0.3 is 11.9 Å². The van der Waals surface area contributed by atoms with E-state index in [1.807, 2.05) is 0 Å². The van der Waals surface area contributed by atoms with Gasteiger partial charge in [0.25, 0.3) is 11.1 Å². The first kappa shape index (κ1) is 22.4. The first-order chi connectivity index (χ1) is 15.7. The third-order valence-electron chi connectivity index (χ3n) is 4.77. The number of hydrogen-bond acceptors (Lipinski definition) is 6. The maximum absolute atomic E-state index is 12.8. The number of imide groups is 1. The van der Waals surface area contributed by atoms with Crippen LogP contribution in [0.1, 0.15) is 32.0 Å². The number of rotatable bonds is 6. The van der Waals surface area contributed by atoms with Gasteiger partial charge in [-0.3, -0.25) is 14.5 Å². The Morgan fingerprint density at radius 1 is 1.00 bits per heavy atom. The first-order valence-corrected chi connectivity index (χ1v) is 10.6. The van der Waals surface area contributed by atoms with E-state index < -0.39 is 23.1 Å². The predicted octanol–water partition coefficient (Wildman–Crippen LogP) is 5.23. The lowest BCUT2D eigenvalue weighted by Gasteiger charge is -2.13. The molecule has 2 amide bonds. The van der Waals surface area contributed by atoms with Gasteiger partial charge in [-0.25, -0.2) is 9.59 Å². The van der Waals surface area contributed by atoms with Crippen LogP contribution in [0.25, 0.3) is 17.4 Å². The average Bonchev–Trinajstić information content (AvgIpc) is 3.35. The Labute approximate surface area is 196 Å². The Morgan fingerprint density at radius 3 is 2.30 bits per heavy atom. The molecule has 0 bridgehead atoms. The molecule has 1 aromatic heterocycles. The van der Waals surface area contributed by atoms with Gasteiger partial charge in [0.05, 0.1) is 22.6 Å². The highest BCUT2D eigenvalue weighted by molar-refractivity contribution is 8.18. The van der Waals surface area contributed by atoms with E-state index in [0.717, 1.165) is 22.7 Å². The number of carbonyl (C=O) groups is 4. The van der Waals surface area contributed by atoms with Crippen molar-refractivity contribution >= 4 is 52.5 Å². The molecule has 0 aliphatic carbocycles. The Hall–Kier alpha value is -3.82. The summed E-state index contributed by atoms with van der Waals surface area (Å²) in [6.45, 7) is 0.0328.